The summed E-state index contributed by atoms with van der Waals surface area (Å²) in [6.07, 6.45) is 5.26. The van der Waals surface area contributed by atoms with Gasteiger partial charge in [0.1, 0.15) is 5.82 Å². The van der Waals surface area contributed by atoms with E-state index in [2.05, 4.69) is 12.2 Å². The van der Waals surface area contributed by atoms with E-state index in [1.54, 1.807) is 6.07 Å². The van der Waals surface area contributed by atoms with Crippen molar-refractivity contribution in [2.75, 3.05) is 0 Å². The Morgan fingerprint density at radius 1 is 1.35 bits per heavy atom. The van der Waals surface area contributed by atoms with Gasteiger partial charge in [-0.3, -0.25) is 0 Å². The van der Waals surface area contributed by atoms with Gasteiger partial charge in [0.2, 0.25) is 0 Å². The number of benzene rings is 1. The molecule has 0 aliphatic heterocycles. The molecular weight excluding hydrogens is 213 g/mol. The molecule has 0 saturated heterocycles. The molecule has 94 valence electrons. The predicted octanol–water partition coefficient (Wildman–Crippen LogP) is 3.80. The third kappa shape index (κ3) is 3.53. The van der Waals surface area contributed by atoms with Gasteiger partial charge in [-0.2, -0.15) is 0 Å². The first-order valence-corrected chi connectivity index (χ1v) is 6.63. The minimum Gasteiger partial charge on any atom is -0.310 e. The molecule has 1 aromatic carbocycles. The molecule has 17 heavy (non-hydrogen) atoms. The second-order valence-electron chi connectivity index (χ2n) is 5.43. The van der Waals surface area contributed by atoms with Crippen LogP contribution in [0.1, 0.15) is 43.7 Å². The Morgan fingerprint density at radius 2 is 2.18 bits per heavy atom. The molecule has 2 unspecified atom stereocenters. The summed E-state index contributed by atoms with van der Waals surface area (Å²) < 4.78 is 13.1. The van der Waals surface area contributed by atoms with Gasteiger partial charge in [-0.1, -0.05) is 31.9 Å². The highest BCUT2D eigenvalue weighted by molar-refractivity contribution is 5.23. The predicted molar refractivity (Wildman–Crippen MR) is 69.4 cm³/mol. The van der Waals surface area contributed by atoms with Crippen LogP contribution in [0.25, 0.3) is 0 Å². The van der Waals surface area contributed by atoms with Crippen LogP contribution in [0.4, 0.5) is 4.39 Å². The minimum atomic E-state index is -0.111. The first kappa shape index (κ1) is 12.6. The fourth-order valence-corrected chi connectivity index (χ4v) is 2.70. The molecular formula is C15H22FN. The molecule has 2 atom stereocenters. The van der Waals surface area contributed by atoms with Crippen molar-refractivity contribution in [1.29, 1.82) is 0 Å². The molecule has 1 aliphatic rings. The van der Waals surface area contributed by atoms with Crippen LogP contribution in [-0.2, 0) is 6.54 Å². The van der Waals surface area contributed by atoms with Crippen LogP contribution in [0.3, 0.4) is 0 Å². The average molecular weight is 235 g/mol. The smallest absolute Gasteiger partial charge is 0.126 e. The first-order valence-electron chi connectivity index (χ1n) is 6.63. The van der Waals surface area contributed by atoms with E-state index < -0.39 is 0 Å². The summed E-state index contributed by atoms with van der Waals surface area (Å²) in [5, 5.41) is 3.59. The summed E-state index contributed by atoms with van der Waals surface area (Å²) in [5.74, 6) is 0.733. The van der Waals surface area contributed by atoms with E-state index >= 15 is 0 Å². The van der Waals surface area contributed by atoms with E-state index in [4.69, 9.17) is 0 Å². The molecule has 1 nitrogen and oxygen atoms in total. The quantitative estimate of drug-likeness (QED) is 0.840. The fourth-order valence-electron chi connectivity index (χ4n) is 2.70. The summed E-state index contributed by atoms with van der Waals surface area (Å²) in [4.78, 5) is 0. The number of aryl methyl sites for hydroxylation is 1. The van der Waals surface area contributed by atoms with Crippen LogP contribution >= 0.6 is 0 Å². The average Bonchev–Trinajstić information content (AvgIpc) is 2.31. The molecule has 1 N–H and O–H groups in total. The van der Waals surface area contributed by atoms with Gasteiger partial charge in [0.25, 0.3) is 0 Å². The topological polar surface area (TPSA) is 12.0 Å². The van der Waals surface area contributed by atoms with Crippen molar-refractivity contribution in [2.45, 2.75) is 52.1 Å². The second-order valence-corrected chi connectivity index (χ2v) is 5.43. The van der Waals surface area contributed by atoms with Gasteiger partial charge in [-0.25, -0.2) is 4.39 Å². The molecule has 0 aromatic heterocycles. The molecule has 0 spiro atoms. The molecule has 1 fully saturated rings. The van der Waals surface area contributed by atoms with Crippen LogP contribution in [0.5, 0.6) is 0 Å². The van der Waals surface area contributed by atoms with Crippen LogP contribution in [0.15, 0.2) is 18.2 Å². The standard InChI is InChI=1S/C15H22FN/c1-11-4-3-5-14(8-11)17-10-13-6-7-15(16)12(2)9-13/h6-7,9,11,14,17H,3-5,8,10H2,1-2H3. The number of hydrogen-bond donors (Lipinski definition) is 1. The highest BCUT2D eigenvalue weighted by atomic mass is 19.1. The Balaban J connectivity index is 1.86. The van der Waals surface area contributed by atoms with Crippen molar-refractivity contribution in [3.05, 3.63) is 35.1 Å². The summed E-state index contributed by atoms with van der Waals surface area (Å²) in [6.45, 7) is 5.01. The van der Waals surface area contributed by atoms with Gasteiger partial charge in [-0.05, 0) is 42.9 Å². The van der Waals surface area contributed by atoms with Crippen molar-refractivity contribution < 1.29 is 4.39 Å². The van der Waals surface area contributed by atoms with E-state index in [1.807, 2.05) is 19.1 Å². The molecule has 1 aromatic rings. The second kappa shape index (κ2) is 5.63. The van der Waals surface area contributed by atoms with E-state index in [9.17, 15) is 4.39 Å². The summed E-state index contributed by atoms with van der Waals surface area (Å²) in [7, 11) is 0. The molecule has 1 saturated carbocycles. The van der Waals surface area contributed by atoms with Crippen molar-refractivity contribution in [1.82, 2.24) is 5.32 Å². The van der Waals surface area contributed by atoms with Gasteiger partial charge in [-0.15, -0.1) is 0 Å². The van der Waals surface area contributed by atoms with Gasteiger partial charge >= 0.3 is 0 Å². The number of rotatable bonds is 3. The third-order valence-corrected chi connectivity index (χ3v) is 3.75. The van der Waals surface area contributed by atoms with Crippen molar-refractivity contribution in [3.8, 4) is 0 Å². The van der Waals surface area contributed by atoms with Crippen LogP contribution in [0, 0.1) is 18.7 Å². The summed E-state index contributed by atoms with van der Waals surface area (Å²) in [5.41, 5.74) is 1.92. The lowest BCUT2D eigenvalue weighted by molar-refractivity contribution is 0.300. The Kier molecular flexibility index (Phi) is 4.16. The molecule has 2 heteroatoms. The zero-order chi connectivity index (χ0) is 12.3. The van der Waals surface area contributed by atoms with Gasteiger partial charge in [0, 0.05) is 12.6 Å². The van der Waals surface area contributed by atoms with Crippen molar-refractivity contribution in [2.24, 2.45) is 5.92 Å². The molecule has 0 bridgehead atoms. The Bertz CT molecular complexity index is 375. The molecule has 1 aliphatic carbocycles. The number of halogens is 1. The fraction of sp³-hybridized carbons (Fsp3) is 0.600. The van der Waals surface area contributed by atoms with E-state index in [1.165, 1.54) is 31.2 Å². The summed E-state index contributed by atoms with van der Waals surface area (Å²) in [6, 6.07) is 6.02. The van der Waals surface area contributed by atoms with Gasteiger partial charge in [0.05, 0.1) is 0 Å². The maximum absolute atomic E-state index is 13.1. The monoisotopic (exact) mass is 235 g/mol. The van der Waals surface area contributed by atoms with Crippen molar-refractivity contribution >= 4 is 0 Å². The van der Waals surface area contributed by atoms with Crippen LogP contribution in [0.2, 0.25) is 0 Å². The maximum Gasteiger partial charge on any atom is 0.126 e. The van der Waals surface area contributed by atoms with Gasteiger partial charge < -0.3 is 5.32 Å². The molecule has 2 rings (SSSR count). The van der Waals surface area contributed by atoms with Gasteiger partial charge in [0.15, 0.2) is 0 Å². The number of nitrogens with one attached hydrogen (secondary N) is 1. The van der Waals surface area contributed by atoms with E-state index in [-0.39, 0.29) is 5.82 Å². The highest BCUT2D eigenvalue weighted by Crippen LogP contribution is 2.23. The molecule has 0 heterocycles. The van der Waals surface area contributed by atoms with Crippen LogP contribution in [-0.4, -0.2) is 6.04 Å². The normalized spacial score (nSPS) is 24.9. The third-order valence-electron chi connectivity index (χ3n) is 3.75. The van der Waals surface area contributed by atoms with Crippen LogP contribution < -0.4 is 5.32 Å². The first-order chi connectivity index (χ1) is 8.15. The van der Waals surface area contributed by atoms with E-state index in [0.29, 0.717) is 6.04 Å². The highest BCUT2D eigenvalue weighted by Gasteiger charge is 2.17. The molecule has 0 radical (unpaired) electrons. The largest absolute Gasteiger partial charge is 0.310 e. The molecule has 0 amide bonds. The minimum absolute atomic E-state index is 0.111. The number of hydrogen-bond acceptors (Lipinski definition) is 1. The zero-order valence-corrected chi connectivity index (χ0v) is 10.8. The van der Waals surface area contributed by atoms with Crippen molar-refractivity contribution in [3.63, 3.8) is 0 Å². The maximum atomic E-state index is 13.1. The lowest BCUT2D eigenvalue weighted by atomic mass is 9.87. The summed E-state index contributed by atoms with van der Waals surface area (Å²) >= 11 is 0. The SMILES string of the molecule is Cc1cc(CNC2CCCC(C)C2)ccc1F. The van der Waals surface area contributed by atoms with E-state index in [0.717, 1.165) is 18.0 Å². The zero-order valence-electron chi connectivity index (χ0n) is 10.8. The lowest BCUT2D eigenvalue weighted by Crippen LogP contribution is -2.33. The Labute approximate surface area is 103 Å². The Hall–Kier alpha value is -0.890. The lowest BCUT2D eigenvalue weighted by Gasteiger charge is -2.27. The Morgan fingerprint density at radius 3 is 2.88 bits per heavy atom.